The van der Waals surface area contributed by atoms with Crippen LogP contribution in [0.15, 0.2) is 29.2 Å². The third-order valence-electron chi connectivity index (χ3n) is 3.78. The van der Waals surface area contributed by atoms with Gasteiger partial charge in [0, 0.05) is 13.2 Å². The Morgan fingerprint density at radius 2 is 1.85 bits per heavy atom. The quantitative estimate of drug-likeness (QED) is 0.784. The summed E-state index contributed by atoms with van der Waals surface area (Å²) in [4.78, 5) is 0.232. The number of hydrogen-bond acceptors (Lipinski definition) is 4. The van der Waals surface area contributed by atoms with Crippen molar-refractivity contribution in [3.05, 3.63) is 29.8 Å². The van der Waals surface area contributed by atoms with Crippen molar-refractivity contribution in [2.24, 2.45) is 0 Å². The van der Waals surface area contributed by atoms with E-state index in [0.29, 0.717) is 32.0 Å². The smallest absolute Gasteiger partial charge is 0.297 e. The third kappa shape index (κ3) is 3.81. The zero-order chi connectivity index (χ0) is 14.6. The van der Waals surface area contributed by atoms with Crippen LogP contribution in [-0.2, 0) is 19.0 Å². The molecule has 0 N–H and O–H groups in total. The molecule has 0 amide bonds. The molecule has 1 aromatic carbocycles. The van der Waals surface area contributed by atoms with Crippen LogP contribution in [-0.4, -0.2) is 27.7 Å². The Labute approximate surface area is 121 Å². The van der Waals surface area contributed by atoms with E-state index in [1.54, 1.807) is 12.1 Å². The van der Waals surface area contributed by atoms with Crippen LogP contribution in [0.25, 0.3) is 0 Å². The second-order valence-corrected chi connectivity index (χ2v) is 6.81. The molecule has 112 valence electrons. The van der Waals surface area contributed by atoms with Gasteiger partial charge in [-0.3, -0.25) is 4.18 Å². The van der Waals surface area contributed by atoms with Gasteiger partial charge in [0.25, 0.3) is 10.1 Å². The molecule has 4 nitrogen and oxygen atoms in total. The van der Waals surface area contributed by atoms with Crippen molar-refractivity contribution >= 4 is 10.1 Å². The molecule has 0 bridgehead atoms. The molecular formula is C15H22O4S. The van der Waals surface area contributed by atoms with E-state index in [2.05, 4.69) is 13.8 Å². The van der Waals surface area contributed by atoms with Gasteiger partial charge in [-0.25, -0.2) is 0 Å². The summed E-state index contributed by atoms with van der Waals surface area (Å²) in [6.07, 6.45) is 2.03. The van der Waals surface area contributed by atoms with Crippen molar-refractivity contribution in [2.75, 3.05) is 13.2 Å². The molecule has 1 atom stereocenters. The topological polar surface area (TPSA) is 52.6 Å². The van der Waals surface area contributed by atoms with Crippen molar-refractivity contribution in [3.63, 3.8) is 0 Å². The Morgan fingerprint density at radius 3 is 2.40 bits per heavy atom. The van der Waals surface area contributed by atoms with E-state index in [-0.39, 0.29) is 11.0 Å². The van der Waals surface area contributed by atoms with E-state index in [4.69, 9.17) is 8.92 Å². The van der Waals surface area contributed by atoms with Crippen molar-refractivity contribution in [1.82, 2.24) is 0 Å². The molecule has 0 aliphatic carbocycles. The third-order valence-corrected chi connectivity index (χ3v) is 5.16. The second kappa shape index (κ2) is 6.70. The molecule has 1 heterocycles. The van der Waals surface area contributed by atoms with Crippen LogP contribution in [0.5, 0.6) is 0 Å². The van der Waals surface area contributed by atoms with Gasteiger partial charge in [-0.05, 0) is 42.9 Å². The van der Waals surface area contributed by atoms with Crippen LogP contribution in [0.1, 0.15) is 44.6 Å². The first-order valence-corrected chi connectivity index (χ1v) is 8.54. The summed E-state index contributed by atoms with van der Waals surface area (Å²) in [7, 11) is -3.66. The molecule has 1 aliphatic heterocycles. The standard InChI is InChI=1S/C15H22O4S/c1-3-12(2)13-4-6-15(7-5-13)20(16,17)19-14-8-10-18-11-9-14/h4-7,12,14H,3,8-11H2,1-2H3. The van der Waals surface area contributed by atoms with Crippen LogP contribution in [0.3, 0.4) is 0 Å². The molecule has 1 aliphatic rings. The maximum absolute atomic E-state index is 12.2. The van der Waals surface area contributed by atoms with Gasteiger partial charge in [-0.2, -0.15) is 8.42 Å². The fourth-order valence-electron chi connectivity index (χ4n) is 2.21. The van der Waals surface area contributed by atoms with Crippen LogP contribution in [0.4, 0.5) is 0 Å². The lowest BCUT2D eigenvalue weighted by molar-refractivity contribution is 0.0284. The molecule has 1 aromatic rings. The van der Waals surface area contributed by atoms with Crippen LogP contribution in [0.2, 0.25) is 0 Å². The van der Waals surface area contributed by atoms with Crippen molar-refractivity contribution in [3.8, 4) is 0 Å². The monoisotopic (exact) mass is 298 g/mol. The summed E-state index contributed by atoms with van der Waals surface area (Å²) < 4.78 is 34.9. The maximum atomic E-state index is 12.2. The summed E-state index contributed by atoms with van der Waals surface area (Å²) in [5.74, 6) is 0.433. The van der Waals surface area contributed by atoms with Gasteiger partial charge in [0.2, 0.25) is 0 Å². The predicted molar refractivity (Wildman–Crippen MR) is 77.3 cm³/mol. The van der Waals surface area contributed by atoms with Gasteiger partial charge < -0.3 is 4.74 Å². The van der Waals surface area contributed by atoms with E-state index >= 15 is 0 Å². The lowest BCUT2D eigenvalue weighted by atomic mass is 9.99. The zero-order valence-electron chi connectivity index (χ0n) is 12.0. The minimum atomic E-state index is -3.66. The van der Waals surface area contributed by atoms with Gasteiger partial charge in [0.15, 0.2) is 0 Å². The van der Waals surface area contributed by atoms with Crippen LogP contribution < -0.4 is 0 Å². The fraction of sp³-hybridized carbons (Fsp3) is 0.600. The fourth-order valence-corrected chi connectivity index (χ4v) is 3.34. The van der Waals surface area contributed by atoms with E-state index in [1.807, 2.05) is 12.1 Å². The molecule has 5 heteroatoms. The second-order valence-electron chi connectivity index (χ2n) is 5.24. The van der Waals surface area contributed by atoms with Gasteiger partial charge >= 0.3 is 0 Å². The summed E-state index contributed by atoms with van der Waals surface area (Å²) >= 11 is 0. The Balaban J connectivity index is 2.08. The summed E-state index contributed by atoms with van der Waals surface area (Å²) in [6.45, 7) is 5.37. The van der Waals surface area contributed by atoms with Gasteiger partial charge in [-0.15, -0.1) is 0 Å². The molecule has 0 aromatic heterocycles. The largest absolute Gasteiger partial charge is 0.381 e. The Kier molecular flexibility index (Phi) is 5.18. The lowest BCUT2D eigenvalue weighted by Gasteiger charge is -2.21. The van der Waals surface area contributed by atoms with E-state index in [9.17, 15) is 8.42 Å². The van der Waals surface area contributed by atoms with Crippen molar-refractivity contribution in [2.45, 2.75) is 50.0 Å². The number of rotatable bonds is 5. The van der Waals surface area contributed by atoms with E-state index in [0.717, 1.165) is 12.0 Å². The molecule has 2 rings (SSSR count). The first-order valence-electron chi connectivity index (χ1n) is 7.14. The predicted octanol–water partition coefficient (Wildman–Crippen LogP) is 3.08. The first-order chi connectivity index (χ1) is 9.53. The van der Waals surface area contributed by atoms with Crippen LogP contribution in [0, 0.1) is 0 Å². The zero-order valence-corrected chi connectivity index (χ0v) is 12.9. The summed E-state index contributed by atoms with van der Waals surface area (Å²) in [5, 5.41) is 0. The normalized spacial score (nSPS) is 18.9. The highest BCUT2D eigenvalue weighted by molar-refractivity contribution is 7.86. The molecule has 1 saturated heterocycles. The highest BCUT2D eigenvalue weighted by Gasteiger charge is 2.23. The minimum Gasteiger partial charge on any atom is -0.381 e. The molecule has 20 heavy (non-hydrogen) atoms. The average molecular weight is 298 g/mol. The highest BCUT2D eigenvalue weighted by atomic mass is 32.2. The molecule has 0 saturated carbocycles. The summed E-state index contributed by atoms with van der Waals surface area (Å²) in [5.41, 5.74) is 1.15. The van der Waals surface area contributed by atoms with Gasteiger partial charge in [-0.1, -0.05) is 26.0 Å². The van der Waals surface area contributed by atoms with Crippen molar-refractivity contribution < 1.29 is 17.3 Å². The van der Waals surface area contributed by atoms with E-state index < -0.39 is 10.1 Å². The van der Waals surface area contributed by atoms with E-state index in [1.165, 1.54) is 0 Å². The van der Waals surface area contributed by atoms with Gasteiger partial charge in [0.05, 0.1) is 11.0 Å². The number of hydrogen-bond donors (Lipinski definition) is 0. The molecule has 1 fully saturated rings. The number of benzene rings is 1. The van der Waals surface area contributed by atoms with Gasteiger partial charge in [0.1, 0.15) is 0 Å². The highest BCUT2D eigenvalue weighted by Crippen LogP contribution is 2.23. The van der Waals surface area contributed by atoms with Crippen LogP contribution >= 0.6 is 0 Å². The first kappa shape index (κ1) is 15.5. The Morgan fingerprint density at radius 1 is 1.25 bits per heavy atom. The number of ether oxygens (including phenoxy) is 1. The van der Waals surface area contributed by atoms with Crippen molar-refractivity contribution in [1.29, 1.82) is 0 Å². The average Bonchev–Trinajstić information content (AvgIpc) is 2.47. The minimum absolute atomic E-state index is 0.232. The molecule has 0 radical (unpaired) electrons. The molecule has 1 unspecified atom stereocenters. The Hall–Kier alpha value is -0.910. The molecule has 0 spiro atoms. The molecular weight excluding hydrogens is 276 g/mol. The Bertz CT molecular complexity index is 515. The summed E-state index contributed by atoms with van der Waals surface area (Å²) in [6, 6.07) is 7.01. The lowest BCUT2D eigenvalue weighted by Crippen LogP contribution is -2.26. The SMILES string of the molecule is CCC(C)c1ccc(S(=O)(=O)OC2CCOCC2)cc1. The maximum Gasteiger partial charge on any atom is 0.297 e.